The van der Waals surface area contributed by atoms with Crippen molar-refractivity contribution in [1.29, 1.82) is 0 Å². The van der Waals surface area contributed by atoms with Crippen molar-refractivity contribution in [3.05, 3.63) is 58.8 Å². The molecular weight excluding hydrogens is 275 g/mol. The maximum Gasteiger partial charge on any atom is 0.137 e. The van der Waals surface area contributed by atoms with E-state index in [0.717, 1.165) is 11.5 Å². The molecule has 2 rings (SSSR count). The first-order chi connectivity index (χ1) is 9.47. The van der Waals surface area contributed by atoms with E-state index in [4.69, 9.17) is 22.4 Å². The lowest BCUT2D eigenvalue weighted by Gasteiger charge is -2.16. The lowest BCUT2D eigenvalue weighted by molar-refractivity contribution is 0.281. The fourth-order valence-corrected chi connectivity index (χ4v) is 2.23. The molecule has 2 aromatic rings. The molecule has 0 saturated heterocycles. The van der Waals surface area contributed by atoms with E-state index in [0.29, 0.717) is 24.2 Å². The van der Waals surface area contributed by atoms with Crippen LogP contribution in [0.25, 0.3) is 0 Å². The van der Waals surface area contributed by atoms with Crippen molar-refractivity contribution >= 4 is 17.2 Å². The van der Waals surface area contributed by atoms with Crippen LogP contribution >= 0.6 is 12.2 Å². The maximum absolute atomic E-state index is 14.2. The second-order valence-corrected chi connectivity index (χ2v) is 5.27. The number of halogens is 1. The largest absolute Gasteiger partial charge is 0.465 e. The quantitative estimate of drug-likeness (QED) is 0.860. The van der Waals surface area contributed by atoms with Crippen LogP contribution in [0, 0.1) is 12.7 Å². The molecule has 0 atom stereocenters. The molecule has 1 aromatic carbocycles. The Morgan fingerprint density at radius 1 is 1.30 bits per heavy atom. The molecular formula is C15H17FN2OS. The molecule has 0 bridgehead atoms. The molecule has 0 spiro atoms. The van der Waals surface area contributed by atoms with Gasteiger partial charge in [0.15, 0.2) is 0 Å². The Balaban J connectivity index is 2.09. The summed E-state index contributed by atoms with van der Waals surface area (Å²) >= 11 is 4.84. The molecule has 106 valence electrons. The van der Waals surface area contributed by atoms with E-state index < -0.39 is 0 Å². The number of benzene rings is 1. The van der Waals surface area contributed by atoms with Crippen molar-refractivity contribution < 1.29 is 8.81 Å². The molecule has 0 aliphatic rings. The monoisotopic (exact) mass is 292 g/mol. The summed E-state index contributed by atoms with van der Waals surface area (Å²) in [6, 6.07) is 8.93. The number of furan rings is 1. The van der Waals surface area contributed by atoms with Crippen molar-refractivity contribution in [2.75, 3.05) is 7.05 Å². The number of rotatable bonds is 5. The Hall–Kier alpha value is -1.72. The normalized spacial score (nSPS) is 11.0. The summed E-state index contributed by atoms with van der Waals surface area (Å²) in [6.45, 7) is 2.97. The molecule has 3 nitrogen and oxygen atoms in total. The van der Waals surface area contributed by atoms with Crippen molar-refractivity contribution in [2.24, 2.45) is 5.73 Å². The third kappa shape index (κ3) is 3.43. The van der Waals surface area contributed by atoms with Gasteiger partial charge in [0.2, 0.25) is 0 Å². The first kappa shape index (κ1) is 14.7. The van der Waals surface area contributed by atoms with Gasteiger partial charge in [0.25, 0.3) is 0 Å². The van der Waals surface area contributed by atoms with Crippen LogP contribution in [0.2, 0.25) is 0 Å². The van der Waals surface area contributed by atoms with Crippen molar-refractivity contribution in [2.45, 2.75) is 20.0 Å². The highest BCUT2D eigenvalue weighted by molar-refractivity contribution is 7.80. The molecule has 0 amide bonds. The summed E-state index contributed by atoms with van der Waals surface area (Å²) in [4.78, 5) is 2.05. The van der Waals surface area contributed by atoms with E-state index in [-0.39, 0.29) is 10.8 Å². The number of thiocarbonyl (C=S) groups is 1. The third-order valence-corrected chi connectivity index (χ3v) is 3.23. The molecule has 1 aromatic heterocycles. The summed E-state index contributed by atoms with van der Waals surface area (Å²) in [5.74, 6) is 1.38. The molecule has 0 unspecified atom stereocenters. The number of hydrogen-bond donors (Lipinski definition) is 1. The van der Waals surface area contributed by atoms with Crippen LogP contribution < -0.4 is 5.73 Å². The van der Waals surface area contributed by atoms with Gasteiger partial charge in [-0.05, 0) is 32.2 Å². The predicted octanol–water partition coefficient (Wildman–Crippen LogP) is 2.99. The Bertz CT molecular complexity index is 624. The van der Waals surface area contributed by atoms with Crippen molar-refractivity contribution in [3.63, 3.8) is 0 Å². The van der Waals surface area contributed by atoms with Crippen LogP contribution in [-0.4, -0.2) is 16.9 Å². The van der Waals surface area contributed by atoms with Crippen LogP contribution in [0.1, 0.15) is 22.6 Å². The standard InChI is InChI=1S/C15H17FN2OS/c1-10-6-7-12(19-10)9-18(2)8-11-4-3-5-13(14(11)16)15(17)20/h3-7H,8-9H2,1-2H3,(H2,17,20). The van der Waals surface area contributed by atoms with Crippen LogP contribution in [0.5, 0.6) is 0 Å². The minimum Gasteiger partial charge on any atom is -0.465 e. The van der Waals surface area contributed by atoms with Crippen LogP contribution in [0.4, 0.5) is 4.39 Å². The number of hydrogen-bond acceptors (Lipinski definition) is 3. The van der Waals surface area contributed by atoms with E-state index in [2.05, 4.69) is 0 Å². The first-order valence-electron chi connectivity index (χ1n) is 6.28. The highest BCUT2D eigenvalue weighted by Crippen LogP contribution is 2.16. The molecule has 2 N–H and O–H groups in total. The Labute approximate surface area is 123 Å². The van der Waals surface area contributed by atoms with Crippen molar-refractivity contribution in [3.8, 4) is 0 Å². The van der Waals surface area contributed by atoms with Gasteiger partial charge in [0.1, 0.15) is 22.3 Å². The van der Waals surface area contributed by atoms with Gasteiger partial charge < -0.3 is 10.2 Å². The molecule has 0 aliphatic carbocycles. The Morgan fingerprint density at radius 2 is 2.05 bits per heavy atom. The summed E-state index contributed by atoms with van der Waals surface area (Å²) in [7, 11) is 1.91. The second kappa shape index (κ2) is 6.15. The van der Waals surface area contributed by atoms with Gasteiger partial charge in [-0.1, -0.05) is 24.4 Å². The minimum absolute atomic E-state index is 0.0775. The molecule has 1 heterocycles. The van der Waals surface area contributed by atoms with Gasteiger partial charge in [-0.25, -0.2) is 4.39 Å². The summed E-state index contributed by atoms with van der Waals surface area (Å²) < 4.78 is 19.7. The van der Waals surface area contributed by atoms with Gasteiger partial charge in [0, 0.05) is 17.7 Å². The predicted molar refractivity (Wildman–Crippen MR) is 80.9 cm³/mol. The number of aryl methyl sites for hydroxylation is 1. The van der Waals surface area contributed by atoms with Gasteiger partial charge in [0.05, 0.1) is 6.54 Å². The zero-order valence-corrected chi connectivity index (χ0v) is 12.3. The minimum atomic E-state index is -0.345. The molecule has 20 heavy (non-hydrogen) atoms. The fourth-order valence-electron chi connectivity index (χ4n) is 2.08. The molecule has 0 radical (unpaired) electrons. The second-order valence-electron chi connectivity index (χ2n) is 4.83. The van der Waals surface area contributed by atoms with E-state index in [1.54, 1.807) is 18.2 Å². The van der Waals surface area contributed by atoms with Gasteiger partial charge in [-0.15, -0.1) is 0 Å². The van der Waals surface area contributed by atoms with E-state index in [9.17, 15) is 4.39 Å². The average Bonchev–Trinajstić information content (AvgIpc) is 2.77. The maximum atomic E-state index is 14.2. The topological polar surface area (TPSA) is 42.4 Å². The Morgan fingerprint density at radius 3 is 2.65 bits per heavy atom. The SMILES string of the molecule is Cc1ccc(CN(C)Cc2cccc(C(N)=S)c2F)o1. The smallest absolute Gasteiger partial charge is 0.137 e. The fraction of sp³-hybridized carbons (Fsp3) is 0.267. The lowest BCUT2D eigenvalue weighted by Crippen LogP contribution is -2.19. The van der Waals surface area contributed by atoms with E-state index >= 15 is 0 Å². The molecule has 0 aliphatic heterocycles. The highest BCUT2D eigenvalue weighted by atomic mass is 32.1. The summed E-state index contributed by atoms with van der Waals surface area (Å²) in [5.41, 5.74) is 6.37. The summed E-state index contributed by atoms with van der Waals surface area (Å²) in [5, 5.41) is 0. The van der Waals surface area contributed by atoms with Gasteiger partial charge in [-0.2, -0.15) is 0 Å². The van der Waals surface area contributed by atoms with Gasteiger partial charge in [-0.3, -0.25) is 4.90 Å². The molecule has 5 heteroatoms. The highest BCUT2D eigenvalue weighted by Gasteiger charge is 2.12. The lowest BCUT2D eigenvalue weighted by atomic mass is 10.1. The van der Waals surface area contributed by atoms with E-state index in [1.165, 1.54) is 0 Å². The summed E-state index contributed by atoms with van der Waals surface area (Å²) in [6.07, 6.45) is 0. The van der Waals surface area contributed by atoms with Crippen LogP contribution in [-0.2, 0) is 13.1 Å². The third-order valence-electron chi connectivity index (χ3n) is 3.01. The first-order valence-corrected chi connectivity index (χ1v) is 6.69. The molecule has 0 fully saturated rings. The zero-order valence-electron chi connectivity index (χ0n) is 11.5. The average molecular weight is 292 g/mol. The van der Waals surface area contributed by atoms with Crippen LogP contribution in [0.3, 0.4) is 0 Å². The van der Waals surface area contributed by atoms with Gasteiger partial charge >= 0.3 is 0 Å². The zero-order chi connectivity index (χ0) is 14.7. The Kier molecular flexibility index (Phi) is 4.52. The number of nitrogens with zero attached hydrogens (tertiary/aromatic N) is 1. The molecule has 0 saturated carbocycles. The number of nitrogens with two attached hydrogens (primary N) is 1. The van der Waals surface area contributed by atoms with E-state index in [1.807, 2.05) is 31.0 Å². The van der Waals surface area contributed by atoms with Crippen molar-refractivity contribution in [1.82, 2.24) is 4.90 Å². The van der Waals surface area contributed by atoms with Crippen LogP contribution in [0.15, 0.2) is 34.7 Å².